The maximum absolute atomic E-state index is 13.2. The molecule has 1 N–H and O–H groups in total. The molecule has 4 rings (SSSR count). The van der Waals surface area contributed by atoms with Gasteiger partial charge in [-0.05, 0) is 48.5 Å². The van der Waals surface area contributed by atoms with E-state index in [0.29, 0.717) is 29.1 Å². The first-order valence-corrected chi connectivity index (χ1v) is 8.17. The summed E-state index contributed by atoms with van der Waals surface area (Å²) in [5, 5.41) is 3.62. The van der Waals surface area contributed by atoms with Crippen molar-refractivity contribution in [3.63, 3.8) is 0 Å². The predicted molar refractivity (Wildman–Crippen MR) is 97.0 cm³/mol. The molecule has 0 aliphatic rings. The molecule has 0 atom stereocenters. The maximum Gasteiger partial charge on any atom is 0.252 e. The Labute approximate surface area is 149 Å². The number of carbonyl (C=O) groups excluding carboxylic acids is 1. The van der Waals surface area contributed by atoms with Gasteiger partial charge in [-0.25, -0.2) is 9.37 Å². The Morgan fingerprint density at radius 2 is 1.85 bits per heavy atom. The van der Waals surface area contributed by atoms with Crippen LogP contribution in [0.5, 0.6) is 0 Å². The van der Waals surface area contributed by atoms with Crippen molar-refractivity contribution in [2.75, 3.05) is 0 Å². The van der Waals surface area contributed by atoms with Gasteiger partial charge in [0.05, 0.1) is 29.6 Å². The maximum atomic E-state index is 13.2. The highest BCUT2D eigenvalue weighted by Gasteiger charge is 2.14. The molecule has 4 nitrogen and oxygen atoms in total. The van der Waals surface area contributed by atoms with E-state index in [1.807, 2.05) is 24.3 Å². The lowest BCUT2D eigenvalue weighted by atomic mass is 10.0. The zero-order valence-corrected chi connectivity index (χ0v) is 13.8. The van der Waals surface area contributed by atoms with Crippen molar-refractivity contribution in [1.82, 2.24) is 10.3 Å². The number of halogens is 1. The fourth-order valence-electron chi connectivity index (χ4n) is 2.81. The second-order valence-electron chi connectivity index (χ2n) is 5.84. The number of hydrogen-bond acceptors (Lipinski definition) is 3. The Hall–Kier alpha value is -3.47. The van der Waals surface area contributed by atoms with E-state index in [1.165, 1.54) is 12.1 Å². The number of amides is 1. The van der Waals surface area contributed by atoms with Crippen molar-refractivity contribution < 1.29 is 13.6 Å². The Morgan fingerprint density at radius 1 is 1.04 bits per heavy atom. The molecule has 128 valence electrons. The van der Waals surface area contributed by atoms with Crippen LogP contribution in [0.4, 0.5) is 4.39 Å². The van der Waals surface area contributed by atoms with Crippen LogP contribution in [0, 0.1) is 5.82 Å². The number of furan rings is 1. The van der Waals surface area contributed by atoms with Gasteiger partial charge in [0.2, 0.25) is 0 Å². The molecule has 2 aromatic carbocycles. The van der Waals surface area contributed by atoms with E-state index in [1.54, 1.807) is 36.6 Å². The number of nitrogens with one attached hydrogen (secondary N) is 1. The van der Waals surface area contributed by atoms with Gasteiger partial charge in [0.25, 0.3) is 5.91 Å². The van der Waals surface area contributed by atoms with E-state index in [0.717, 1.165) is 10.9 Å². The van der Waals surface area contributed by atoms with Gasteiger partial charge in [-0.1, -0.05) is 18.2 Å². The average Bonchev–Trinajstić information content (AvgIpc) is 3.19. The van der Waals surface area contributed by atoms with Crippen molar-refractivity contribution in [2.24, 2.45) is 0 Å². The van der Waals surface area contributed by atoms with Gasteiger partial charge in [-0.15, -0.1) is 0 Å². The highest BCUT2D eigenvalue weighted by molar-refractivity contribution is 6.07. The number of nitrogens with zero attached hydrogens (tertiary/aromatic N) is 1. The summed E-state index contributed by atoms with van der Waals surface area (Å²) in [6.07, 6.45) is 1.57. The Kier molecular flexibility index (Phi) is 4.19. The zero-order chi connectivity index (χ0) is 17.9. The van der Waals surface area contributed by atoms with E-state index in [9.17, 15) is 9.18 Å². The fourth-order valence-corrected chi connectivity index (χ4v) is 2.81. The van der Waals surface area contributed by atoms with Gasteiger partial charge in [0, 0.05) is 10.9 Å². The number of aromatic nitrogens is 1. The highest BCUT2D eigenvalue weighted by Crippen LogP contribution is 2.25. The lowest BCUT2D eigenvalue weighted by Crippen LogP contribution is -2.23. The highest BCUT2D eigenvalue weighted by atomic mass is 19.1. The topological polar surface area (TPSA) is 55.1 Å². The lowest BCUT2D eigenvalue weighted by Gasteiger charge is -2.10. The van der Waals surface area contributed by atoms with Crippen LogP contribution < -0.4 is 5.32 Å². The Bertz CT molecular complexity index is 1060. The van der Waals surface area contributed by atoms with E-state index in [2.05, 4.69) is 10.3 Å². The smallest absolute Gasteiger partial charge is 0.252 e. The molecule has 4 aromatic rings. The quantitative estimate of drug-likeness (QED) is 0.589. The summed E-state index contributed by atoms with van der Waals surface area (Å²) in [4.78, 5) is 17.4. The SMILES string of the molecule is O=C(NCc1ccco1)c1cc(-c2ccc(F)cc2)nc2ccccc12. The van der Waals surface area contributed by atoms with E-state index in [-0.39, 0.29) is 11.7 Å². The number of benzene rings is 2. The van der Waals surface area contributed by atoms with Crippen LogP contribution in [0.1, 0.15) is 16.1 Å². The largest absolute Gasteiger partial charge is 0.467 e. The second kappa shape index (κ2) is 6.80. The van der Waals surface area contributed by atoms with Crippen molar-refractivity contribution in [1.29, 1.82) is 0 Å². The minimum absolute atomic E-state index is 0.219. The number of rotatable bonds is 4. The molecular weight excluding hydrogens is 331 g/mol. The van der Waals surface area contributed by atoms with Gasteiger partial charge < -0.3 is 9.73 Å². The van der Waals surface area contributed by atoms with Gasteiger partial charge in [0.15, 0.2) is 0 Å². The number of hydrogen-bond donors (Lipinski definition) is 1. The second-order valence-corrected chi connectivity index (χ2v) is 5.84. The molecule has 0 aliphatic carbocycles. The third-order valence-corrected chi connectivity index (χ3v) is 4.10. The molecule has 0 spiro atoms. The van der Waals surface area contributed by atoms with E-state index < -0.39 is 0 Å². The molecule has 2 heterocycles. The average molecular weight is 346 g/mol. The molecular formula is C21H15FN2O2. The summed E-state index contributed by atoms with van der Waals surface area (Å²) in [6, 6.07) is 18.8. The Morgan fingerprint density at radius 3 is 2.62 bits per heavy atom. The summed E-state index contributed by atoms with van der Waals surface area (Å²) in [5.74, 6) is 0.143. The first-order chi connectivity index (χ1) is 12.7. The van der Waals surface area contributed by atoms with Crippen LogP contribution >= 0.6 is 0 Å². The summed E-state index contributed by atoms with van der Waals surface area (Å²) in [5.41, 5.74) is 2.59. The van der Waals surface area contributed by atoms with Gasteiger partial charge >= 0.3 is 0 Å². The molecule has 2 aromatic heterocycles. The molecule has 1 amide bonds. The number of fused-ring (bicyclic) bond motifs is 1. The molecule has 0 bridgehead atoms. The number of carbonyl (C=O) groups is 1. The lowest BCUT2D eigenvalue weighted by molar-refractivity contribution is 0.0949. The van der Waals surface area contributed by atoms with Crippen LogP contribution in [0.15, 0.2) is 77.4 Å². The van der Waals surface area contributed by atoms with Crippen LogP contribution in [-0.2, 0) is 6.54 Å². The molecule has 0 fully saturated rings. The molecule has 26 heavy (non-hydrogen) atoms. The van der Waals surface area contributed by atoms with Crippen LogP contribution in [0.2, 0.25) is 0 Å². The first kappa shape index (κ1) is 16.0. The third-order valence-electron chi connectivity index (χ3n) is 4.10. The Balaban J connectivity index is 1.74. The minimum atomic E-state index is -0.314. The molecule has 0 aliphatic heterocycles. The standard InChI is InChI=1S/C21H15FN2O2/c22-15-9-7-14(8-10-15)20-12-18(17-5-1-2-6-19(17)24-20)21(25)23-13-16-4-3-11-26-16/h1-12H,13H2,(H,23,25). The number of pyridine rings is 1. The zero-order valence-electron chi connectivity index (χ0n) is 13.8. The summed E-state index contributed by atoms with van der Waals surface area (Å²) in [6.45, 7) is 0.300. The van der Waals surface area contributed by atoms with Crippen LogP contribution in [-0.4, -0.2) is 10.9 Å². The van der Waals surface area contributed by atoms with E-state index >= 15 is 0 Å². The summed E-state index contributed by atoms with van der Waals surface area (Å²) >= 11 is 0. The predicted octanol–water partition coefficient (Wildman–Crippen LogP) is 4.56. The molecule has 0 unspecified atom stereocenters. The van der Waals surface area contributed by atoms with Crippen LogP contribution in [0.3, 0.4) is 0 Å². The summed E-state index contributed by atoms with van der Waals surface area (Å²) < 4.78 is 18.5. The molecule has 0 saturated carbocycles. The van der Waals surface area contributed by atoms with Crippen molar-refractivity contribution in [3.8, 4) is 11.3 Å². The monoisotopic (exact) mass is 346 g/mol. The molecule has 0 saturated heterocycles. The third kappa shape index (κ3) is 3.19. The van der Waals surface area contributed by atoms with Crippen molar-refractivity contribution in [3.05, 3.63) is 90.1 Å². The van der Waals surface area contributed by atoms with Crippen molar-refractivity contribution >= 4 is 16.8 Å². The van der Waals surface area contributed by atoms with Gasteiger partial charge in [-0.3, -0.25) is 4.79 Å². The first-order valence-electron chi connectivity index (χ1n) is 8.17. The van der Waals surface area contributed by atoms with E-state index in [4.69, 9.17) is 4.42 Å². The minimum Gasteiger partial charge on any atom is -0.467 e. The van der Waals surface area contributed by atoms with Crippen molar-refractivity contribution in [2.45, 2.75) is 6.54 Å². The molecule has 0 radical (unpaired) electrons. The van der Waals surface area contributed by atoms with Crippen LogP contribution in [0.25, 0.3) is 22.2 Å². The van der Waals surface area contributed by atoms with Gasteiger partial charge in [0.1, 0.15) is 11.6 Å². The van der Waals surface area contributed by atoms with Gasteiger partial charge in [-0.2, -0.15) is 0 Å². The normalized spacial score (nSPS) is 10.8. The fraction of sp³-hybridized carbons (Fsp3) is 0.0476. The number of para-hydroxylation sites is 1. The summed E-state index contributed by atoms with van der Waals surface area (Å²) in [7, 11) is 0. The molecule has 5 heteroatoms.